The predicted molar refractivity (Wildman–Crippen MR) is 139 cm³/mol. The standard InChI is InChI=1S/C27H28ClN5O/c28-19-13-14-24-22(16-19)26(33-25(31-24)18-8-7-15-29-17-18)32-23-12-6-5-11-21(23)27(34)30-20-9-3-1-2-4-10-20/h5-6,8,11-14,16-17,20H,1-4,7,9-10,15H2,(H,30,34)(H,31,32,33). The molecule has 2 aliphatic rings. The van der Waals surface area contributed by atoms with Gasteiger partial charge in [0, 0.05) is 34.8 Å². The Bertz CT molecular complexity index is 1260. The quantitative estimate of drug-likeness (QED) is 0.424. The lowest BCUT2D eigenvalue weighted by Gasteiger charge is -2.18. The summed E-state index contributed by atoms with van der Waals surface area (Å²) in [5.74, 6) is 1.15. The third-order valence-corrected chi connectivity index (χ3v) is 6.62. The summed E-state index contributed by atoms with van der Waals surface area (Å²) in [7, 11) is 0. The number of nitrogens with zero attached hydrogens (tertiary/aromatic N) is 3. The molecule has 1 amide bonds. The van der Waals surface area contributed by atoms with Crippen molar-refractivity contribution in [3.8, 4) is 0 Å². The van der Waals surface area contributed by atoms with Crippen LogP contribution in [0.5, 0.6) is 0 Å². The van der Waals surface area contributed by atoms with Crippen molar-refractivity contribution >= 4 is 51.7 Å². The van der Waals surface area contributed by atoms with Crippen LogP contribution in [-0.2, 0) is 0 Å². The Morgan fingerprint density at radius 2 is 1.82 bits per heavy atom. The highest BCUT2D eigenvalue weighted by molar-refractivity contribution is 6.31. The molecule has 7 heteroatoms. The molecule has 0 atom stereocenters. The topological polar surface area (TPSA) is 79.3 Å². The summed E-state index contributed by atoms with van der Waals surface area (Å²) in [6.45, 7) is 0.779. The molecule has 0 spiro atoms. The molecule has 1 saturated carbocycles. The second-order valence-corrected chi connectivity index (χ2v) is 9.31. The highest BCUT2D eigenvalue weighted by Crippen LogP contribution is 2.30. The summed E-state index contributed by atoms with van der Waals surface area (Å²) in [5.41, 5.74) is 2.97. The summed E-state index contributed by atoms with van der Waals surface area (Å²) in [6.07, 6.45) is 11.7. The van der Waals surface area contributed by atoms with Crippen LogP contribution < -0.4 is 10.6 Å². The molecule has 34 heavy (non-hydrogen) atoms. The fraction of sp³-hybridized carbons (Fsp3) is 0.333. The van der Waals surface area contributed by atoms with Gasteiger partial charge in [-0.3, -0.25) is 9.79 Å². The Labute approximate surface area is 204 Å². The monoisotopic (exact) mass is 473 g/mol. The average Bonchev–Trinajstić information content (AvgIpc) is 3.13. The molecule has 3 aromatic rings. The number of nitrogens with one attached hydrogen (secondary N) is 2. The van der Waals surface area contributed by atoms with E-state index in [4.69, 9.17) is 21.6 Å². The smallest absolute Gasteiger partial charge is 0.253 e. The van der Waals surface area contributed by atoms with Gasteiger partial charge in [0.1, 0.15) is 5.82 Å². The molecule has 0 saturated heterocycles. The SMILES string of the molecule is O=C(NC1CCCCCC1)c1ccccc1Nc1nc(C2=CCCN=C2)nc2ccc(Cl)cc12. The number of amides is 1. The lowest BCUT2D eigenvalue weighted by atomic mass is 10.1. The predicted octanol–water partition coefficient (Wildman–Crippen LogP) is 6.34. The summed E-state index contributed by atoms with van der Waals surface area (Å²) < 4.78 is 0. The number of aliphatic imine (C=N–C) groups is 1. The zero-order valence-corrected chi connectivity index (χ0v) is 19.8. The molecule has 1 aromatic heterocycles. The fourth-order valence-electron chi connectivity index (χ4n) is 4.59. The first-order valence-electron chi connectivity index (χ1n) is 12.0. The minimum Gasteiger partial charge on any atom is -0.349 e. The molecule has 1 aliphatic carbocycles. The van der Waals surface area contributed by atoms with Gasteiger partial charge < -0.3 is 10.6 Å². The van der Waals surface area contributed by atoms with Crippen molar-refractivity contribution < 1.29 is 4.79 Å². The van der Waals surface area contributed by atoms with Crippen molar-refractivity contribution in [3.63, 3.8) is 0 Å². The number of dihydropyridines is 1. The number of hydrogen-bond acceptors (Lipinski definition) is 5. The van der Waals surface area contributed by atoms with Crippen LogP contribution in [0.2, 0.25) is 5.02 Å². The van der Waals surface area contributed by atoms with E-state index in [9.17, 15) is 4.79 Å². The largest absolute Gasteiger partial charge is 0.349 e. The molecule has 0 radical (unpaired) electrons. The number of aromatic nitrogens is 2. The molecule has 1 fully saturated rings. The number of rotatable bonds is 5. The zero-order valence-electron chi connectivity index (χ0n) is 19.1. The van der Waals surface area contributed by atoms with Crippen molar-refractivity contribution in [2.24, 2.45) is 4.99 Å². The van der Waals surface area contributed by atoms with Gasteiger partial charge >= 0.3 is 0 Å². The first kappa shape index (κ1) is 22.5. The Morgan fingerprint density at radius 1 is 1.00 bits per heavy atom. The minimum atomic E-state index is -0.0614. The average molecular weight is 474 g/mol. The number of carbonyl (C=O) groups is 1. The second kappa shape index (κ2) is 10.3. The summed E-state index contributed by atoms with van der Waals surface area (Å²) in [5, 5.41) is 8.06. The molecular formula is C27H28ClN5O. The molecule has 6 nitrogen and oxygen atoms in total. The maximum absolute atomic E-state index is 13.2. The van der Waals surface area contributed by atoms with Crippen LogP contribution >= 0.6 is 11.6 Å². The number of anilines is 2. The molecule has 2 heterocycles. The number of halogens is 1. The lowest BCUT2D eigenvalue weighted by Crippen LogP contribution is -2.34. The van der Waals surface area contributed by atoms with Gasteiger partial charge in [-0.05, 0) is 49.6 Å². The number of fused-ring (bicyclic) bond motifs is 1. The third kappa shape index (κ3) is 5.12. The maximum Gasteiger partial charge on any atom is 0.253 e. The van der Waals surface area contributed by atoms with E-state index in [1.54, 1.807) is 0 Å². The maximum atomic E-state index is 13.2. The van der Waals surface area contributed by atoms with Crippen molar-refractivity contribution in [2.75, 3.05) is 11.9 Å². The molecule has 5 rings (SSSR count). The molecule has 0 unspecified atom stereocenters. The second-order valence-electron chi connectivity index (χ2n) is 8.87. The van der Waals surface area contributed by atoms with Crippen molar-refractivity contribution in [2.45, 2.75) is 51.0 Å². The zero-order chi connectivity index (χ0) is 23.3. The Kier molecular flexibility index (Phi) is 6.86. The number of carbonyl (C=O) groups excluding carboxylic acids is 1. The molecular weight excluding hydrogens is 446 g/mol. The van der Waals surface area contributed by atoms with Gasteiger partial charge in [0.15, 0.2) is 5.82 Å². The van der Waals surface area contributed by atoms with E-state index in [1.807, 2.05) is 48.7 Å². The van der Waals surface area contributed by atoms with Crippen LogP contribution in [0.1, 0.15) is 61.1 Å². The molecule has 2 aromatic carbocycles. The lowest BCUT2D eigenvalue weighted by molar-refractivity contribution is 0.0934. The molecule has 2 N–H and O–H groups in total. The van der Waals surface area contributed by atoms with E-state index >= 15 is 0 Å². The molecule has 0 bridgehead atoms. The van der Waals surface area contributed by atoms with Gasteiger partial charge in [0.25, 0.3) is 5.91 Å². The van der Waals surface area contributed by atoms with Gasteiger partial charge in [0.05, 0.1) is 16.8 Å². The van der Waals surface area contributed by atoms with E-state index in [-0.39, 0.29) is 11.9 Å². The van der Waals surface area contributed by atoms with Crippen LogP contribution in [0.15, 0.2) is 53.5 Å². The van der Waals surface area contributed by atoms with Crippen molar-refractivity contribution in [1.82, 2.24) is 15.3 Å². The third-order valence-electron chi connectivity index (χ3n) is 6.38. The van der Waals surface area contributed by atoms with Gasteiger partial charge in [-0.25, -0.2) is 9.97 Å². The van der Waals surface area contributed by atoms with Crippen molar-refractivity contribution in [1.29, 1.82) is 0 Å². The van der Waals surface area contributed by atoms with Crippen LogP contribution in [0.25, 0.3) is 16.5 Å². The first-order valence-corrected chi connectivity index (χ1v) is 12.4. The Morgan fingerprint density at radius 3 is 2.62 bits per heavy atom. The van der Waals surface area contributed by atoms with Gasteiger partial charge in [0.2, 0.25) is 0 Å². The van der Waals surface area contributed by atoms with E-state index in [2.05, 4.69) is 21.7 Å². The molecule has 1 aliphatic heterocycles. The normalized spacial score (nSPS) is 16.7. The Hall–Kier alpha value is -3.25. The minimum absolute atomic E-state index is 0.0614. The van der Waals surface area contributed by atoms with Gasteiger partial charge in [-0.15, -0.1) is 0 Å². The highest BCUT2D eigenvalue weighted by atomic mass is 35.5. The summed E-state index contributed by atoms with van der Waals surface area (Å²) in [6, 6.07) is 13.3. The number of para-hydroxylation sites is 1. The van der Waals surface area contributed by atoms with E-state index in [1.165, 1.54) is 25.7 Å². The molecule has 174 valence electrons. The summed E-state index contributed by atoms with van der Waals surface area (Å²) >= 11 is 6.31. The first-order chi connectivity index (χ1) is 16.7. The summed E-state index contributed by atoms with van der Waals surface area (Å²) in [4.78, 5) is 27.2. The van der Waals surface area contributed by atoms with Crippen LogP contribution in [0.4, 0.5) is 11.5 Å². The highest BCUT2D eigenvalue weighted by Gasteiger charge is 2.19. The van der Waals surface area contributed by atoms with Crippen molar-refractivity contribution in [3.05, 3.63) is 65.0 Å². The van der Waals surface area contributed by atoms with E-state index in [0.29, 0.717) is 27.9 Å². The van der Waals surface area contributed by atoms with Crippen LogP contribution in [0, 0.1) is 0 Å². The Balaban J connectivity index is 1.49. The number of allylic oxidation sites excluding steroid dienone is 1. The van der Waals surface area contributed by atoms with Gasteiger partial charge in [-0.1, -0.05) is 55.5 Å². The van der Waals surface area contributed by atoms with Crippen LogP contribution in [-0.4, -0.2) is 34.7 Å². The fourth-order valence-corrected chi connectivity index (χ4v) is 4.76. The van der Waals surface area contributed by atoms with E-state index in [0.717, 1.165) is 42.3 Å². The van der Waals surface area contributed by atoms with Crippen LogP contribution in [0.3, 0.4) is 0 Å². The van der Waals surface area contributed by atoms with Gasteiger partial charge in [-0.2, -0.15) is 0 Å². The van der Waals surface area contributed by atoms with E-state index < -0.39 is 0 Å². The number of benzene rings is 2. The number of hydrogen-bond donors (Lipinski definition) is 2.